The summed E-state index contributed by atoms with van der Waals surface area (Å²) in [4.78, 5) is 6.83. The fraction of sp³-hybridized carbons (Fsp3) is 0.583. The van der Waals surface area contributed by atoms with Crippen molar-refractivity contribution in [3.05, 3.63) is 30.1 Å². The normalized spacial score (nSPS) is 23.3. The summed E-state index contributed by atoms with van der Waals surface area (Å²) in [6, 6.07) is 7.18. The minimum atomic E-state index is 0.399. The lowest BCUT2D eigenvalue weighted by Gasteiger charge is -2.29. The first-order valence-corrected chi connectivity index (χ1v) is 5.62. The van der Waals surface area contributed by atoms with Crippen LogP contribution in [-0.2, 0) is 0 Å². The summed E-state index contributed by atoms with van der Waals surface area (Å²) in [6.45, 7) is 4.47. The van der Waals surface area contributed by atoms with E-state index in [-0.39, 0.29) is 0 Å². The van der Waals surface area contributed by atoms with Crippen molar-refractivity contribution in [2.75, 3.05) is 20.1 Å². The molecule has 1 aromatic heterocycles. The molecule has 3 heteroatoms. The Balaban J connectivity index is 2.03. The van der Waals surface area contributed by atoms with Gasteiger partial charge in [-0.1, -0.05) is 6.07 Å². The van der Waals surface area contributed by atoms with Crippen molar-refractivity contribution >= 4 is 0 Å². The Labute approximate surface area is 91.5 Å². The van der Waals surface area contributed by atoms with E-state index in [4.69, 9.17) is 0 Å². The largest absolute Gasteiger partial charge is 0.315 e. The Hall–Kier alpha value is -0.930. The molecule has 0 bridgehead atoms. The summed E-state index contributed by atoms with van der Waals surface area (Å²) in [5, 5.41) is 3.40. The number of pyridine rings is 1. The maximum Gasteiger partial charge on any atom is 0.0572 e. The SMILES string of the molecule is C[C@H](c1ccccn1)N(C)[C@@H]1CCNC1. The van der Waals surface area contributed by atoms with Gasteiger partial charge < -0.3 is 5.32 Å². The van der Waals surface area contributed by atoms with E-state index >= 15 is 0 Å². The molecular weight excluding hydrogens is 186 g/mol. The standard InChI is InChI=1S/C12H19N3/c1-10(12-5-3-4-7-14-12)15(2)11-6-8-13-9-11/h3-5,7,10-11,13H,6,8-9H2,1-2H3/t10-,11-/m1/s1. The first-order chi connectivity index (χ1) is 7.29. The third-order valence-corrected chi connectivity index (χ3v) is 3.34. The molecule has 82 valence electrons. The predicted octanol–water partition coefficient (Wildman–Crippen LogP) is 1.44. The van der Waals surface area contributed by atoms with Gasteiger partial charge >= 0.3 is 0 Å². The first kappa shape index (κ1) is 10.6. The Bertz CT molecular complexity index is 293. The van der Waals surface area contributed by atoms with Crippen molar-refractivity contribution in [2.24, 2.45) is 0 Å². The van der Waals surface area contributed by atoms with E-state index in [1.807, 2.05) is 12.3 Å². The Morgan fingerprint density at radius 1 is 1.53 bits per heavy atom. The summed E-state index contributed by atoms with van der Waals surface area (Å²) >= 11 is 0. The van der Waals surface area contributed by atoms with Crippen LogP contribution in [0.25, 0.3) is 0 Å². The van der Waals surface area contributed by atoms with E-state index in [1.165, 1.54) is 6.42 Å². The maximum absolute atomic E-state index is 4.41. The molecule has 0 spiro atoms. The highest BCUT2D eigenvalue weighted by molar-refractivity contribution is 5.08. The van der Waals surface area contributed by atoms with Crippen LogP contribution in [-0.4, -0.2) is 36.1 Å². The van der Waals surface area contributed by atoms with Crippen molar-refractivity contribution in [3.8, 4) is 0 Å². The number of nitrogens with one attached hydrogen (secondary N) is 1. The molecule has 0 unspecified atom stereocenters. The third kappa shape index (κ3) is 2.36. The van der Waals surface area contributed by atoms with Crippen molar-refractivity contribution in [1.29, 1.82) is 0 Å². The lowest BCUT2D eigenvalue weighted by Crippen LogP contribution is -2.35. The molecule has 1 aliphatic heterocycles. The Morgan fingerprint density at radius 3 is 3.00 bits per heavy atom. The number of hydrogen-bond donors (Lipinski definition) is 1. The summed E-state index contributed by atoms with van der Waals surface area (Å²) < 4.78 is 0. The van der Waals surface area contributed by atoms with Crippen LogP contribution in [0.15, 0.2) is 24.4 Å². The number of likely N-dealkylation sites (N-methyl/N-ethyl adjacent to an activating group) is 1. The number of aromatic nitrogens is 1. The molecule has 0 aliphatic carbocycles. The molecular formula is C12H19N3. The van der Waals surface area contributed by atoms with E-state index < -0.39 is 0 Å². The summed E-state index contributed by atoms with van der Waals surface area (Å²) in [6.07, 6.45) is 3.11. The smallest absolute Gasteiger partial charge is 0.0572 e. The van der Waals surface area contributed by atoms with Gasteiger partial charge in [0.2, 0.25) is 0 Å². The van der Waals surface area contributed by atoms with Gasteiger partial charge in [-0.25, -0.2) is 0 Å². The molecule has 0 aromatic carbocycles. The number of hydrogen-bond acceptors (Lipinski definition) is 3. The minimum Gasteiger partial charge on any atom is -0.315 e. The molecule has 1 N–H and O–H groups in total. The highest BCUT2D eigenvalue weighted by Crippen LogP contribution is 2.20. The van der Waals surface area contributed by atoms with Crippen LogP contribution in [0.3, 0.4) is 0 Å². The van der Waals surface area contributed by atoms with Gasteiger partial charge in [0.05, 0.1) is 5.69 Å². The fourth-order valence-corrected chi connectivity index (χ4v) is 2.13. The third-order valence-electron chi connectivity index (χ3n) is 3.34. The zero-order chi connectivity index (χ0) is 10.7. The van der Waals surface area contributed by atoms with Crippen molar-refractivity contribution in [3.63, 3.8) is 0 Å². The second kappa shape index (κ2) is 4.73. The molecule has 2 atom stereocenters. The minimum absolute atomic E-state index is 0.399. The van der Waals surface area contributed by atoms with E-state index in [2.05, 4.69) is 41.3 Å². The maximum atomic E-state index is 4.41. The van der Waals surface area contributed by atoms with Crippen molar-refractivity contribution in [2.45, 2.75) is 25.4 Å². The van der Waals surface area contributed by atoms with Crippen LogP contribution in [0.2, 0.25) is 0 Å². The van der Waals surface area contributed by atoms with Gasteiger partial charge in [-0.05, 0) is 39.1 Å². The summed E-state index contributed by atoms with van der Waals surface area (Å²) in [7, 11) is 2.19. The van der Waals surface area contributed by atoms with Crippen molar-refractivity contribution in [1.82, 2.24) is 15.2 Å². The first-order valence-electron chi connectivity index (χ1n) is 5.62. The summed E-state index contributed by atoms with van der Waals surface area (Å²) in [5.74, 6) is 0. The van der Waals surface area contributed by atoms with Gasteiger partial charge in [-0.2, -0.15) is 0 Å². The lowest BCUT2D eigenvalue weighted by atomic mass is 10.1. The molecule has 15 heavy (non-hydrogen) atoms. The van der Waals surface area contributed by atoms with Crippen LogP contribution < -0.4 is 5.32 Å². The molecule has 0 saturated carbocycles. The monoisotopic (exact) mass is 205 g/mol. The molecule has 1 saturated heterocycles. The second-order valence-electron chi connectivity index (χ2n) is 4.24. The molecule has 3 nitrogen and oxygen atoms in total. The van der Waals surface area contributed by atoms with Gasteiger partial charge in [0.15, 0.2) is 0 Å². The lowest BCUT2D eigenvalue weighted by molar-refractivity contribution is 0.193. The Morgan fingerprint density at radius 2 is 2.40 bits per heavy atom. The van der Waals surface area contributed by atoms with Crippen LogP contribution in [0.4, 0.5) is 0 Å². The topological polar surface area (TPSA) is 28.2 Å². The Kier molecular flexibility index (Phi) is 3.34. The van der Waals surface area contributed by atoms with E-state index in [0.29, 0.717) is 12.1 Å². The zero-order valence-electron chi connectivity index (χ0n) is 9.48. The quantitative estimate of drug-likeness (QED) is 0.809. The molecule has 1 aromatic rings. The fourth-order valence-electron chi connectivity index (χ4n) is 2.13. The van der Waals surface area contributed by atoms with Crippen LogP contribution >= 0.6 is 0 Å². The van der Waals surface area contributed by atoms with Gasteiger partial charge in [0.25, 0.3) is 0 Å². The molecule has 0 amide bonds. The summed E-state index contributed by atoms with van der Waals surface area (Å²) in [5.41, 5.74) is 1.16. The van der Waals surface area contributed by atoms with Gasteiger partial charge in [-0.3, -0.25) is 9.88 Å². The average molecular weight is 205 g/mol. The zero-order valence-corrected chi connectivity index (χ0v) is 9.48. The van der Waals surface area contributed by atoms with Crippen LogP contribution in [0.5, 0.6) is 0 Å². The van der Waals surface area contributed by atoms with Gasteiger partial charge in [0.1, 0.15) is 0 Å². The van der Waals surface area contributed by atoms with Crippen LogP contribution in [0, 0.1) is 0 Å². The van der Waals surface area contributed by atoms with E-state index in [1.54, 1.807) is 0 Å². The molecule has 0 radical (unpaired) electrons. The van der Waals surface area contributed by atoms with E-state index in [9.17, 15) is 0 Å². The van der Waals surface area contributed by atoms with Gasteiger partial charge in [-0.15, -0.1) is 0 Å². The molecule has 1 fully saturated rings. The molecule has 1 aliphatic rings. The highest BCUT2D eigenvalue weighted by Gasteiger charge is 2.24. The van der Waals surface area contributed by atoms with Gasteiger partial charge in [0, 0.05) is 24.8 Å². The molecule has 2 rings (SSSR count). The molecule has 2 heterocycles. The average Bonchev–Trinajstić information content (AvgIpc) is 2.82. The van der Waals surface area contributed by atoms with E-state index in [0.717, 1.165) is 18.8 Å². The number of rotatable bonds is 3. The van der Waals surface area contributed by atoms with Crippen LogP contribution in [0.1, 0.15) is 25.1 Å². The second-order valence-corrected chi connectivity index (χ2v) is 4.24. The predicted molar refractivity (Wildman–Crippen MR) is 61.7 cm³/mol. The highest BCUT2D eigenvalue weighted by atomic mass is 15.2. The van der Waals surface area contributed by atoms with Crippen molar-refractivity contribution < 1.29 is 0 Å². The number of nitrogens with zero attached hydrogens (tertiary/aromatic N) is 2.